The first kappa shape index (κ1) is 20.8. The van der Waals surface area contributed by atoms with Gasteiger partial charge in [0, 0.05) is 37.8 Å². The Bertz CT molecular complexity index is 287. The molecule has 5 nitrogen and oxygen atoms in total. The topological polar surface area (TPSA) is 42.6 Å². The molecule has 0 aliphatic carbocycles. The number of hydrogen-bond acceptors (Lipinski definition) is 5. The van der Waals surface area contributed by atoms with E-state index >= 15 is 0 Å². The lowest BCUT2D eigenvalue weighted by atomic mass is 10.1. The monoisotopic (exact) mass is 327 g/mol. The third-order valence-electron chi connectivity index (χ3n) is 5.15. The highest BCUT2D eigenvalue weighted by Crippen LogP contribution is 2.04. The zero-order chi connectivity index (χ0) is 17.1. The second kappa shape index (κ2) is 12.2. The van der Waals surface area contributed by atoms with Crippen LogP contribution in [0.3, 0.4) is 0 Å². The lowest BCUT2D eigenvalue weighted by Crippen LogP contribution is -2.46. The van der Waals surface area contributed by atoms with Crippen molar-refractivity contribution >= 4 is 0 Å². The molecule has 3 atom stereocenters. The average Bonchev–Trinajstić information content (AvgIpc) is 2.53. The van der Waals surface area contributed by atoms with Crippen molar-refractivity contribution in [3.8, 4) is 0 Å². The Balaban J connectivity index is 2.41. The summed E-state index contributed by atoms with van der Waals surface area (Å²) in [5.74, 6) is 0. The largest absolute Gasteiger partial charge is 0.314 e. The normalized spacial score (nSPS) is 33.0. The van der Waals surface area contributed by atoms with Gasteiger partial charge in [-0.15, -0.1) is 0 Å². The number of rotatable bonds is 0. The first-order valence-electron chi connectivity index (χ1n) is 9.57. The van der Waals surface area contributed by atoms with Crippen LogP contribution in [0, 0.1) is 0 Å². The molecule has 0 radical (unpaired) electrons. The molecule has 0 spiro atoms. The summed E-state index contributed by atoms with van der Waals surface area (Å²) in [6.07, 6.45) is 3.74. The number of nitrogens with one attached hydrogen (secondary N) is 3. The van der Waals surface area contributed by atoms with E-state index in [0.717, 1.165) is 32.7 Å². The van der Waals surface area contributed by atoms with E-state index in [1.54, 1.807) is 0 Å². The highest BCUT2D eigenvalue weighted by Gasteiger charge is 2.16. The molecule has 0 saturated carbocycles. The maximum absolute atomic E-state index is 3.70. The molecule has 1 aliphatic rings. The Hall–Kier alpha value is -0.200. The van der Waals surface area contributed by atoms with Crippen molar-refractivity contribution in [2.24, 2.45) is 0 Å². The van der Waals surface area contributed by atoms with Gasteiger partial charge >= 0.3 is 0 Å². The summed E-state index contributed by atoms with van der Waals surface area (Å²) in [5, 5.41) is 10.9. The molecule has 23 heavy (non-hydrogen) atoms. The van der Waals surface area contributed by atoms with Crippen molar-refractivity contribution in [3.63, 3.8) is 0 Å². The highest BCUT2D eigenvalue weighted by molar-refractivity contribution is 4.76. The number of hydrogen-bond donors (Lipinski definition) is 3. The molecule has 1 rings (SSSR count). The molecule has 0 amide bonds. The minimum atomic E-state index is 0.545. The SMILES string of the molecule is CC1CNCCN(C)CCCNC(C)C(C)N(C)CCCCN1. The maximum Gasteiger partial charge on any atom is 0.0215 e. The van der Waals surface area contributed by atoms with Crippen molar-refractivity contribution in [2.75, 3.05) is 59.9 Å². The maximum atomic E-state index is 3.70. The molecule has 1 heterocycles. The first-order chi connectivity index (χ1) is 11.0. The Morgan fingerprint density at radius 1 is 0.783 bits per heavy atom. The van der Waals surface area contributed by atoms with E-state index in [-0.39, 0.29) is 0 Å². The van der Waals surface area contributed by atoms with Crippen LogP contribution in [0.5, 0.6) is 0 Å². The van der Waals surface area contributed by atoms with Crippen molar-refractivity contribution in [1.82, 2.24) is 25.8 Å². The summed E-state index contributed by atoms with van der Waals surface area (Å²) in [7, 11) is 4.48. The molecule has 0 bridgehead atoms. The van der Waals surface area contributed by atoms with E-state index < -0.39 is 0 Å². The van der Waals surface area contributed by atoms with Crippen LogP contribution in [-0.4, -0.2) is 87.8 Å². The number of nitrogens with zero attached hydrogens (tertiary/aromatic N) is 2. The Morgan fingerprint density at radius 2 is 1.52 bits per heavy atom. The van der Waals surface area contributed by atoms with Crippen molar-refractivity contribution < 1.29 is 0 Å². The fraction of sp³-hybridized carbons (Fsp3) is 1.00. The molecule has 3 N–H and O–H groups in total. The predicted octanol–water partition coefficient (Wildman–Crippen LogP) is 0.968. The van der Waals surface area contributed by atoms with E-state index in [1.807, 2.05) is 0 Å². The van der Waals surface area contributed by atoms with E-state index in [2.05, 4.69) is 60.6 Å². The van der Waals surface area contributed by atoms with Gasteiger partial charge in [-0.25, -0.2) is 0 Å². The summed E-state index contributed by atoms with van der Waals surface area (Å²) >= 11 is 0. The molecule has 0 aromatic heterocycles. The predicted molar refractivity (Wildman–Crippen MR) is 101 cm³/mol. The third-order valence-corrected chi connectivity index (χ3v) is 5.15. The van der Waals surface area contributed by atoms with E-state index in [4.69, 9.17) is 0 Å². The van der Waals surface area contributed by atoms with Gasteiger partial charge in [0.1, 0.15) is 0 Å². The minimum Gasteiger partial charge on any atom is -0.314 e. The van der Waals surface area contributed by atoms with Gasteiger partial charge in [0.25, 0.3) is 0 Å². The van der Waals surface area contributed by atoms with Gasteiger partial charge in [-0.1, -0.05) is 0 Å². The fourth-order valence-corrected chi connectivity index (χ4v) is 3.04. The summed E-state index contributed by atoms with van der Waals surface area (Å²) in [5.41, 5.74) is 0. The van der Waals surface area contributed by atoms with Crippen molar-refractivity contribution in [2.45, 2.75) is 58.2 Å². The van der Waals surface area contributed by atoms with Crippen LogP contribution < -0.4 is 16.0 Å². The molecular formula is C18H41N5. The zero-order valence-corrected chi connectivity index (χ0v) is 16.2. The van der Waals surface area contributed by atoms with Crippen LogP contribution in [0.25, 0.3) is 0 Å². The lowest BCUT2D eigenvalue weighted by Gasteiger charge is -2.31. The van der Waals surface area contributed by atoms with E-state index in [0.29, 0.717) is 18.1 Å². The molecule has 138 valence electrons. The third kappa shape index (κ3) is 9.62. The van der Waals surface area contributed by atoms with Gasteiger partial charge in [-0.3, -0.25) is 0 Å². The second-order valence-electron chi connectivity index (χ2n) is 7.39. The summed E-state index contributed by atoms with van der Waals surface area (Å²) in [4.78, 5) is 4.92. The molecule has 1 aliphatic heterocycles. The Kier molecular flexibility index (Phi) is 11.1. The summed E-state index contributed by atoms with van der Waals surface area (Å²) in [6, 6.07) is 1.69. The van der Waals surface area contributed by atoms with Gasteiger partial charge in [-0.2, -0.15) is 0 Å². The highest BCUT2D eigenvalue weighted by atomic mass is 15.2. The minimum absolute atomic E-state index is 0.545. The molecule has 1 saturated heterocycles. The lowest BCUT2D eigenvalue weighted by molar-refractivity contribution is 0.208. The van der Waals surface area contributed by atoms with Crippen molar-refractivity contribution in [3.05, 3.63) is 0 Å². The van der Waals surface area contributed by atoms with Gasteiger partial charge in [0.05, 0.1) is 0 Å². The molecule has 3 unspecified atom stereocenters. The standard InChI is InChI=1S/C18H41N5/c1-16-15-19-11-14-22(4)12-8-10-21-17(2)18(3)23(5)13-7-6-9-20-16/h16-21H,6-15H2,1-5H3. The smallest absolute Gasteiger partial charge is 0.0215 e. The Morgan fingerprint density at radius 3 is 2.30 bits per heavy atom. The molecule has 0 aromatic rings. The van der Waals surface area contributed by atoms with Gasteiger partial charge in [0.15, 0.2) is 0 Å². The average molecular weight is 328 g/mol. The number of likely N-dealkylation sites (N-methyl/N-ethyl adjacent to an activating group) is 2. The van der Waals surface area contributed by atoms with Gasteiger partial charge in [0.2, 0.25) is 0 Å². The quantitative estimate of drug-likeness (QED) is 0.619. The van der Waals surface area contributed by atoms with Gasteiger partial charge in [-0.05, 0) is 80.3 Å². The zero-order valence-electron chi connectivity index (χ0n) is 16.2. The van der Waals surface area contributed by atoms with Crippen LogP contribution in [0.1, 0.15) is 40.0 Å². The Labute approximate surface area is 144 Å². The van der Waals surface area contributed by atoms with Crippen LogP contribution in [0.15, 0.2) is 0 Å². The fourth-order valence-electron chi connectivity index (χ4n) is 3.04. The molecular weight excluding hydrogens is 286 g/mol. The molecule has 5 heteroatoms. The molecule has 1 fully saturated rings. The van der Waals surface area contributed by atoms with Crippen LogP contribution in [0.4, 0.5) is 0 Å². The summed E-state index contributed by atoms with van der Waals surface area (Å²) < 4.78 is 0. The van der Waals surface area contributed by atoms with Crippen LogP contribution in [0.2, 0.25) is 0 Å². The van der Waals surface area contributed by atoms with Crippen molar-refractivity contribution in [1.29, 1.82) is 0 Å². The van der Waals surface area contributed by atoms with Crippen LogP contribution in [-0.2, 0) is 0 Å². The second-order valence-corrected chi connectivity index (χ2v) is 7.39. The van der Waals surface area contributed by atoms with Gasteiger partial charge < -0.3 is 25.8 Å². The molecule has 0 aromatic carbocycles. The van der Waals surface area contributed by atoms with Crippen LogP contribution >= 0.6 is 0 Å². The van der Waals surface area contributed by atoms with E-state index in [9.17, 15) is 0 Å². The van der Waals surface area contributed by atoms with E-state index in [1.165, 1.54) is 32.4 Å². The first-order valence-corrected chi connectivity index (χ1v) is 9.57. The summed E-state index contributed by atoms with van der Waals surface area (Å²) in [6.45, 7) is 14.8.